The maximum atomic E-state index is 11.8. The summed E-state index contributed by atoms with van der Waals surface area (Å²) < 4.78 is 4.68. The predicted molar refractivity (Wildman–Crippen MR) is 80.0 cm³/mol. The molecule has 0 fully saturated rings. The summed E-state index contributed by atoms with van der Waals surface area (Å²) in [6.07, 6.45) is -1.95. The molecule has 2 unspecified atom stereocenters. The van der Waals surface area contributed by atoms with Gasteiger partial charge in [-0.1, -0.05) is 18.2 Å². The molecule has 2 aromatic rings. The summed E-state index contributed by atoms with van der Waals surface area (Å²) >= 11 is 5.59. The first-order valence-electron chi connectivity index (χ1n) is 6.79. The average molecular weight is 321 g/mol. The van der Waals surface area contributed by atoms with Crippen molar-refractivity contribution in [3.05, 3.63) is 47.0 Å². The van der Waals surface area contributed by atoms with Gasteiger partial charge in [-0.3, -0.25) is 0 Å². The van der Waals surface area contributed by atoms with Gasteiger partial charge in [0.2, 0.25) is 0 Å². The van der Waals surface area contributed by atoms with E-state index in [1.54, 1.807) is 24.3 Å². The van der Waals surface area contributed by atoms with Crippen LogP contribution in [0, 0.1) is 0 Å². The van der Waals surface area contributed by atoms with Crippen molar-refractivity contribution in [3.8, 4) is 0 Å². The first-order valence-corrected chi connectivity index (χ1v) is 7.32. The third-order valence-corrected chi connectivity index (χ3v) is 4.01. The zero-order valence-electron chi connectivity index (χ0n) is 11.5. The van der Waals surface area contributed by atoms with Crippen LogP contribution in [0.2, 0.25) is 0 Å². The van der Waals surface area contributed by atoms with E-state index in [0.717, 1.165) is 0 Å². The number of ether oxygens (including phenoxy) is 1. The number of esters is 2. The van der Waals surface area contributed by atoms with Gasteiger partial charge in [-0.15, -0.1) is 11.6 Å². The lowest BCUT2D eigenvalue weighted by Crippen LogP contribution is -2.22. The van der Waals surface area contributed by atoms with Gasteiger partial charge in [0.05, 0.1) is 17.2 Å². The van der Waals surface area contributed by atoms with Crippen molar-refractivity contribution in [2.24, 2.45) is 0 Å². The van der Waals surface area contributed by atoms with E-state index in [9.17, 15) is 19.8 Å². The Morgan fingerprint density at radius 1 is 1.05 bits per heavy atom. The number of hydrogen-bond donors (Lipinski definition) is 2. The van der Waals surface area contributed by atoms with Crippen LogP contribution in [0.3, 0.4) is 0 Å². The van der Waals surface area contributed by atoms with Crippen molar-refractivity contribution in [1.29, 1.82) is 0 Å². The highest BCUT2D eigenvalue weighted by Crippen LogP contribution is 2.34. The van der Waals surface area contributed by atoms with E-state index in [1.165, 1.54) is 6.07 Å². The Kier molecular flexibility index (Phi) is 3.87. The minimum absolute atomic E-state index is 0.213. The van der Waals surface area contributed by atoms with Crippen molar-refractivity contribution < 1.29 is 24.5 Å². The molecule has 0 aliphatic carbocycles. The maximum absolute atomic E-state index is 11.8. The van der Waals surface area contributed by atoms with E-state index in [-0.39, 0.29) is 23.4 Å². The van der Waals surface area contributed by atoms with Gasteiger partial charge in [0.25, 0.3) is 0 Å². The molecule has 22 heavy (non-hydrogen) atoms. The highest BCUT2D eigenvalue weighted by Gasteiger charge is 2.29. The summed E-state index contributed by atoms with van der Waals surface area (Å²) in [5.41, 5.74) is 0.988. The Morgan fingerprint density at radius 2 is 1.73 bits per heavy atom. The van der Waals surface area contributed by atoms with Gasteiger partial charge < -0.3 is 14.9 Å². The van der Waals surface area contributed by atoms with Gasteiger partial charge in [0.15, 0.2) is 0 Å². The number of carbonyl (C=O) groups excluding carboxylic acids is 2. The van der Waals surface area contributed by atoms with Crippen molar-refractivity contribution in [2.45, 2.75) is 18.6 Å². The fourth-order valence-electron chi connectivity index (χ4n) is 2.70. The number of cyclic esters (lactones) is 2. The molecule has 0 amide bonds. The Bertz CT molecular complexity index is 750. The van der Waals surface area contributed by atoms with Gasteiger partial charge in [-0.25, -0.2) is 9.59 Å². The number of halogens is 1. The van der Waals surface area contributed by atoms with Crippen LogP contribution in [0.1, 0.15) is 38.8 Å². The molecule has 0 saturated carbocycles. The van der Waals surface area contributed by atoms with Crippen LogP contribution >= 0.6 is 11.6 Å². The minimum Gasteiger partial charge on any atom is -0.390 e. The van der Waals surface area contributed by atoms with Crippen LogP contribution in [0.5, 0.6) is 0 Å². The molecule has 1 heterocycles. The molecule has 2 N–H and O–H groups in total. The van der Waals surface area contributed by atoms with Crippen LogP contribution in [0.25, 0.3) is 10.8 Å². The topological polar surface area (TPSA) is 83.8 Å². The second kappa shape index (κ2) is 5.68. The lowest BCUT2D eigenvalue weighted by Gasteiger charge is -2.22. The van der Waals surface area contributed by atoms with Crippen LogP contribution < -0.4 is 0 Å². The van der Waals surface area contributed by atoms with Crippen molar-refractivity contribution in [2.75, 3.05) is 5.88 Å². The van der Waals surface area contributed by atoms with E-state index >= 15 is 0 Å². The molecule has 0 spiro atoms. The van der Waals surface area contributed by atoms with Gasteiger partial charge in [0, 0.05) is 11.3 Å². The molecule has 1 aliphatic heterocycles. The summed E-state index contributed by atoms with van der Waals surface area (Å²) in [4.78, 5) is 23.7. The summed E-state index contributed by atoms with van der Waals surface area (Å²) in [5, 5.41) is 21.2. The van der Waals surface area contributed by atoms with Crippen molar-refractivity contribution in [1.82, 2.24) is 0 Å². The van der Waals surface area contributed by atoms with Crippen LogP contribution in [-0.2, 0) is 4.74 Å². The largest absolute Gasteiger partial charge is 0.390 e. The summed E-state index contributed by atoms with van der Waals surface area (Å²) in [5.74, 6) is -1.21. The van der Waals surface area contributed by atoms with Crippen molar-refractivity contribution >= 4 is 34.3 Å². The average Bonchev–Trinajstić information content (AvgIpc) is 2.51. The van der Waals surface area contributed by atoms with Gasteiger partial charge in [0.1, 0.15) is 6.10 Å². The zero-order valence-corrected chi connectivity index (χ0v) is 12.2. The lowest BCUT2D eigenvalue weighted by molar-refractivity contribution is 0.0178. The fourth-order valence-corrected chi connectivity index (χ4v) is 2.92. The normalized spacial score (nSPS) is 16.5. The third kappa shape index (κ3) is 2.27. The monoisotopic (exact) mass is 320 g/mol. The quantitative estimate of drug-likeness (QED) is 0.512. The predicted octanol–water partition coefficient (Wildman–Crippen LogP) is 2.17. The van der Waals surface area contributed by atoms with Crippen LogP contribution in [-0.4, -0.2) is 34.1 Å². The number of aliphatic hydroxyl groups is 2. The molecule has 114 valence electrons. The summed E-state index contributed by atoms with van der Waals surface area (Å²) in [6, 6.07) is 7.95. The van der Waals surface area contributed by atoms with E-state index < -0.39 is 24.1 Å². The van der Waals surface area contributed by atoms with E-state index in [0.29, 0.717) is 16.3 Å². The molecular weight excluding hydrogens is 308 g/mol. The molecule has 0 aromatic heterocycles. The highest BCUT2D eigenvalue weighted by molar-refractivity contribution is 6.21. The Hall–Kier alpha value is -1.95. The molecule has 2 atom stereocenters. The van der Waals surface area contributed by atoms with Gasteiger partial charge in [-0.2, -0.15) is 0 Å². The number of alkyl halides is 1. The summed E-state index contributed by atoms with van der Waals surface area (Å²) in [6.45, 7) is 0. The van der Waals surface area contributed by atoms with E-state index in [1.807, 2.05) is 0 Å². The van der Waals surface area contributed by atoms with Gasteiger partial charge in [-0.05, 0) is 29.5 Å². The number of rotatable bonds is 4. The number of hydrogen-bond acceptors (Lipinski definition) is 5. The number of aliphatic hydroxyl groups excluding tert-OH is 2. The maximum Gasteiger partial charge on any atom is 0.346 e. The minimum atomic E-state index is -1.16. The van der Waals surface area contributed by atoms with E-state index in [4.69, 9.17) is 11.6 Å². The molecular formula is C16H13ClO5. The van der Waals surface area contributed by atoms with Crippen LogP contribution in [0.15, 0.2) is 30.3 Å². The number of carbonyl (C=O) groups is 2. The molecule has 6 heteroatoms. The van der Waals surface area contributed by atoms with Crippen LogP contribution in [0.4, 0.5) is 0 Å². The summed E-state index contributed by atoms with van der Waals surface area (Å²) in [7, 11) is 0. The molecule has 5 nitrogen and oxygen atoms in total. The highest BCUT2D eigenvalue weighted by atomic mass is 35.5. The molecule has 0 bridgehead atoms. The smallest absolute Gasteiger partial charge is 0.346 e. The Labute approximate surface area is 131 Å². The third-order valence-electron chi connectivity index (χ3n) is 3.79. The standard InChI is InChI=1S/C16H13ClO5/c17-7-6-12(18)14(19)9-4-5-11-13-8(9)2-1-3-10(13)15(20)22-16(11)21/h1-5,12,14,18-19H,6-7H2. The Balaban J connectivity index is 2.22. The van der Waals surface area contributed by atoms with E-state index in [2.05, 4.69) is 4.74 Å². The fraction of sp³-hybridized carbons (Fsp3) is 0.250. The zero-order chi connectivity index (χ0) is 15.9. The Morgan fingerprint density at radius 3 is 2.41 bits per heavy atom. The molecule has 1 aliphatic rings. The lowest BCUT2D eigenvalue weighted by atomic mass is 9.90. The first-order chi connectivity index (χ1) is 10.5. The second-order valence-corrected chi connectivity index (χ2v) is 5.48. The van der Waals surface area contributed by atoms with Crippen molar-refractivity contribution in [3.63, 3.8) is 0 Å². The molecule has 0 radical (unpaired) electrons. The molecule has 3 rings (SSSR count). The SMILES string of the molecule is O=C1OC(=O)c2ccc(C(O)C(O)CCCl)c3cccc1c23. The second-order valence-electron chi connectivity index (χ2n) is 5.10. The van der Waals surface area contributed by atoms with Gasteiger partial charge >= 0.3 is 11.9 Å². The molecule has 2 aromatic carbocycles. The number of benzene rings is 2. The first kappa shape index (κ1) is 15.0. The molecule has 0 saturated heterocycles.